The largest absolute Gasteiger partial charge is 0.378 e. The van der Waals surface area contributed by atoms with Gasteiger partial charge in [0.15, 0.2) is 0 Å². The third-order valence-electron chi connectivity index (χ3n) is 4.81. The first-order valence-corrected chi connectivity index (χ1v) is 9.08. The Bertz CT molecular complexity index is 878. The smallest absolute Gasteiger partial charge is 0.222 e. The second kappa shape index (κ2) is 7.65. The van der Waals surface area contributed by atoms with Crippen molar-refractivity contribution in [2.24, 2.45) is 5.92 Å². The zero-order valence-electron chi connectivity index (χ0n) is 15.9. The van der Waals surface area contributed by atoms with Gasteiger partial charge in [0.05, 0.1) is 0 Å². The fraction of sp³-hybridized carbons (Fsp3) is 0.318. The Balaban J connectivity index is 1.97. The Labute approximate surface area is 155 Å². The van der Waals surface area contributed by atoms with Crippen molar-refractivity contribution in [2.75, 3.05) is 25.5 Å². The molecule has 26 heavy (non-hydrogen) atoms. The van der Waals surface area contributed by atoms with Crippen molar-refractivity contribution < 1.29 is 4.79 Å². The lowest BCUT2D eigenvalue weighted by Gasteiger charge is -2.20. The highest BCUT2D eigenvalue weighted by Gasteiger charge is 2.20. The fourth-order valence-corrected chi connectivity index (χ4v) is 3.20. The summed E-state index contributed by atoms with van der Waals surface area (Å²) in [6, 6.07) is 16.9. The van der Waals surface area contributed by atoms with E-state index >= 15 is 0 Å². The monoisotopic (exact) mass is 349 g/mol. The third kappa shape index (κ3) is 3.74. The van der Waals surface area contributed by atoms with Gasteiger partial charge in [0.1, 0.15) is 0 Å². The molecule has 1 atom stereocenters. The molecule has 4 nitrogen and oxygen atoms in total. The van der Waals surface area contributed by atoms with E-state index in [1.807, 2.05) is 34.0 Å². The van der Waals surface area contributed by atoms with Gasteiger partial charge in [-0.3, -0.25) is 4.79 Å². The first-order valence-electron chi connectivity index (χ1n) is 9.08. The summed E-state index contributed by atoms with van der Waals surface area (Å²) in [5, 5.41) is 4.31. The van der Waals surface area contributed by atoms with Crippen molar-refractivity contribution in [3.63, 3.8) is 0 Å². The lowest BCUT2D eigenvalue weighted by molar-refractivity contribution is -0.124. The van der Waals surface area contributed by atoms with Crippen LogP contribution in [0.4, 0.5) is 5.69 Å². The summed E-state index contributed by atoms with van der Waals surface area (Å²) in [6.07, 6.45) is 2.07. The summed E-state index contributed by atoms with van der Waals surface area (Å²) in [7, 11) is 4.07. The Hall–Kier alpha value is -2.75. The standard InChI is InChI=1S/C22H27N3O/c1-15(2)22(26)24-13-19(16-9-11-17(12-10-16)25(3)4)20-14-23-21-8-6-5-7-18(20)21/h5-12,14-15,19,23H,13H2,1-4H3,(H,24,26)/t19-/m1/s1. The van der Waals surface area contributed by atoms with Gasteiger partial charge in [-0.2, -0.15) is 0 Å². The topological polar surface area (TPSA) is 48.1 Å². The second-order valence-electron chi connectivity index (χ2n) is 7.23. The summed E-state index contributed by atoms with van der Waals surface area (Å²) >= 11 is 0. The molecule has 0 radical (unpaired) electrons. The number of nitrogens with one attached hydrogen (secondary N) is 2. The molecule has 1 amide bonds. The first kappa shape index (κ1) is 18.1. The summed E-state index contributed by atoms with van der Waals surface area (Å²) in [4.78, 5) is 17.6. The molecule has 0 aliphatic rings. The predicted octanol–water partition coefficient (Wildman–Crippen LogP) is 4.14. The molecular formula is C22H27N3O. The van der Waals surface area contributed by atoms with Crippen LogP contribution in [0.3, 0.4) is 0 Å². The number of aromatic amines is 1. The van der Waals surface area contributed by atoms with E-state index in [4.69, 9.17) is 0 Å². The van der Waals surface area contributed by atoms with Gasteiger partial charge in [-0.1, -0.05) is 44.2 Å². The van der Waals surface area contributed by atoms with Crippen LogP contribution in [-0.4, -0.2) is 31.5 Å². The van der Waals surface area contributed by atoms with Gasteiger partial charge in [-0.05, 0) is 29.3 Å². The quantitative estimate of drug-likeness (QED) is 0.703. The van der Waals surface area contributed by atoms with Crippen LogP contribution in [-0.2, 0) is 4.79 Å². The minimum Gasteiger partial charge on any atom is -0.378 e. The predicted molar refractivity (Wildman–Crippen MR) is 109 cm³/mol. The summed E-state index contributed by atoms with van der Waals surface area (Å²) in [5.74, 6) is 0.166. The zero-order valence-corrected chi connectivity index (χ0v) is 15.9. The Morgan fingerprint density at radius 3 is 2.42 bits per heavy atom. The van der Waals surface area contributed by atoms with Gasteiger partial charge in [0.25, 0.3) is 0 Å². The number of hydrogen-bond acceptors (Lipinski definition) is 2. The molecule has 2 aromatic carbocycles. The number of H-pyrrole nitrogens is 1. The molecule has 0 fully saturated rings. The van der Waals surface area contributed by atoms with Gasteiger partial charge in [-0.15, -0.1) is 0 Å². The van der Waals surface area contributed by atoms with E-state index in [1.54, 1.807) is 0 Å². The Kier molecular flexibility index (Phi) is 5.31. The van der Waals surface area contributed by atoms with Gasteiger partial charge < -0.3 is 15.2 Å². The molecule has 0 aliphatic heterocycles. The van der Waals surface area contributed by atoms with E-state index < -0.39 is 0 Å². The molecule has 0 bridgehead atoms. The van der Waals surface area contributed by atoms with E-state index in [0.29, 0.717) is 6.54 Å². The van der Waals surface area contributed by atoms with Crippen LogP contribution in [0.25, 0.3) is 10.9 Å². The highest BCUT2D eigenvalue weighted by molar-refractivity contribution is 5.84. The molecule has 2 N–H and O–H groups in total. The van der Waals surface area contributed by atoms with Crippen molar-refractivity contribution in [1.82, 2.24) is 10.3 Å². The summed E-state index contributed by atoms with van der Waals surface area (Å²) in [6.45, 7) is 4.42. The summed E-state index contributed by atoms with van der Waals surface area (Å²) in [5.41, 5.74) is 4.69. The number of amides is 1. The number of fused-ring (bicyclic) bond motifs is 1. The van der Waals surface area contributed by atoms with Crippen molar-refractivity contribution >= 4 is 22.5 Å². The third-order valence-corrected chi connectivity index (χ3v) is 4.81. The molecule has 1 aromatic heterocycles. The number of benzene rings is 2. The van der Waals surface area contributed by atoms with Crippen LogP contribution in [0.15, 0.2) is 54.7 Å². The molecule has 3 aromatic rings. The lowest BCUT2D eigenvalue weighted by Crippen LogP contribution is -2.32. The molecule has 0 saturated heterocycles. The maximum atomic E-state index is 12.1. The minimum atomic E-state index is -0.0188. The molecule has 0 unspecified atom stereocenters. The molecule has 1 heterocycles. The van der Waals surface area contributed by atoms with E-state index in [2.05, 4.69) is 63.9 Å². The number of rotatable bonds is 6. The van der Waals surface area contributed by atoms with Gasteiger partial charge >= 0.3 is 0 Å². The maximum Gasteiger partial charge on any atom is 0.222 e. The second-order valence-corrected chi connectivity index (χ2v) is 7.23. The van der Waals surface area contributed by atoms with Crippen molar-refractivity contribution in [3.8, 4) is 0 Å². The molecule has 3 rings (SSSR count). The minimum absolute atomic E-state index is 0.0188. The average Bonchev–Trinajstić information content (AvgIpc) is 3.06. The highest BCUT2D eigenvalue weighted by Crippen LogP contribution is 2.31. The van der Waals surface area contributed by atoms with E-state index in [0.717, 1.165) is 11.2 Å². The van der Waals surface area contributed by atoms with E-state index in [-0.39, 0.29) is 17.7 Å². The van der Waals surface area contributed by atoms with E-state index in [1.165, 1.54) is 16.5 Å². The van der Waals surface area contributed by atoms with Crippen molar-refractivity contribution in [1.29, 1.82) is 0 Å². The number of anilines is 1. The molecule has 0 spiro atoms. The average molecular weight is 349 g/mol. The number of nitrogens with zero attached hydrogens (tertiary/aromatic N) is 1. The molecular weight excluding hydrogens is 322 g/mol. The number of hydrogen-bond donors (Lipinski definition) is 2. The summed E-state index contributed by atoms with van der Waals surface area (Å²) < 4.78 is 0. The number of aromatic nitrogens is 1. The zero-order chi connectivity index (χ0) is 18.7. The van der Waals surface area contributed by atoms with Crippen LogP contribution >= 0.6 is 0 Å². The Morgan fingerprint density at radius 1 is 1.08 bits per heavy atom. The van der Waals surface area contributed by atoms with Crippen LogP contribution in [0.1, 0.15) is 30.9 Å². The van der Waals surface area contributed by atoms with Crippen LogP contribution in [0, 0.1) is 5.92 Å². The van der Waals surface area contributed by atoms with E-state index in [9.17, 15) is 4.79 Å². The molecule has 0 saturated carbocycles. The normalized spacial score (nSPS) is 12.3. The fourth-order valence-electron chi connectivity index (χ4n) is 3.20. The molecule has 0 aliphatic carbocycles. The SMILES string of the molecule is CC(C)C(=O)NC[C@H](c1ccc(N(C)C)cc1)c1c[nH]c2ccccc12. The van der Waals surface area contributed by atoms with Crippen molar-refractivity contribution in [3.05, 3.63) is 65.9 Å². The van der Waals surface area contributed by atoms with Crippen molar-refractivity contribution in [2.45, 2.75) is 19.8 Å². The maximum absolute atomic E-state index is 12.1. The number of para-hydroxylation sites is 1. The van der Waals surface area contributed by atoms with Crippen LogP contribution < -0.4 is 10.2 Å². The van der Waals surface area contributed by atoms with Gasteiger partial charge in [0, 0.05) is 55.3 Å². The van der Waals surface area contributed by atoms with Crippen LogP contribution in [0.2, 0.25) is 0 Å². The molecule has 4 heteroatoms. The number of carbonyl (C=O) groups is 1. The molecule has 136 valence electrons. The van der Waals surface area contributed by atoms with Gasteiger partial charge in [0.2, 0.25) is 5.91 Å². The lowest BCUT2D eigenvalue weighted by atomic mass is 9.90. The first-order chi connectivity index (χ1) is 12.5. The van der Waals surface area contributed by atoms with Crippen LogP contribution in [0.5, 0.6) is 0 Å². The van der Waals surface area contributed by atoms with Gasteiger partial charge in [-0.25, -0.2) is 0 Å². The highest BCUT2D eigenvalue weighted by atomic mass is 16.1. The number of carbonyl (C=O) groups excluding carboxylic acids is 1. The Morgan fingerprint density at radius 2 is 1.77 bits per heavy atom.